The summed E-state index contributed by atoms with van der Waals surface area (Å²) in [5.74, 6) is -0.434. The van der Waals surface area contributed by atoms with E-state index in [1.54, 1.807) is 0 Å². The van der Waals surface area contributed by atoms with Crippen molar-refractivity contribution in [3.05, 3.63) is 0 Å². The third-order valence-electron chi connectivity index (χ3n) is 0.953. The van der Waals surface area contributed by atoms with Crippen molar-refractivity contribution >= 4 is 12.1 Å². The first-order chi connectivity index (χ1) is 4.68. The molecule has 1 heterocycles. The van der Waals surface area contributed by atoms with Crippen LogP contribution in [0.2, 0.25) is 0 Å². The van der Waals surface area contributed by atoms with E-state index in [9.17, 15) is 9.59 Å². The molecule has 0 aliphatic carbocycles. The summed E-state index contributed by atoms with van der Waals surface area (Å²) in [7, 11) is 0. The third kappa shape index (κ3) is 1.61. The molecule has 1 atom stereocenters. The van der Waals surface area contributed by atoms with Crippen molar-refractivity contribution < 1.29 is 19.1 Å². The van der Waals surface area contributed by atoms with Gasteiger partial charge in [-0.05, 0) is 0 Å². The van der Waals surface area contributed by atoms with Crippen LogP contribution in [-0.4, -0.2) is 24.9 Å². The van der Waals surface area contributed by atoms with Gasteiger partial charge in [-0.3, -0.25) is 10.1 Å². The Morgan fingerprint density at radius 3 is 3.00 bits per heavy atom. The molecule has 0 bridgehead atoms. The summed E-state index contributed by atoms with van der Waals surface area (Å²) in [4.78, 5) is 20.6. The average Bonchev–Trinajstić information content (AvgIpc) is 2.13. The van der Waals surface area contributed by atoms with Gasteiger partial charge in [0.2, 0.25) is 6.23 Å². The second-order valence-corrected chi connectivity index (χ2v) is 1.84. The van der Waals surface area contributed by atoms with Crippen LogP contribution in [0.25, 0.3) is 0 Å². The van der Waals surface area contributed by atoms with E-state index in [1.807, 2.05) is 0 Å². The minimum Gasteiger partial charge on any atom is -0.443 e. The fourth-order valence-corrected chi connectivity index (χ4v) is 0.630. The zero-order valence-electron chi connectivity index (χ0n) is 5.42. The number of rotatable bonds is 1. The van der Waals surface area contributed by atoms with Gasteiger partial charge in [-0.2, -0.15) is 0 Å². The van der Waals surface area contributed by atoms with E-state index in [2.05, 4.69) is 14.8 Å². The average molecular weight is 145 g/mol. The molecular formula is C5H7NO4. The monoisotopic (exact) mass is 145 g/mol. The smallest absolute Gasteiger partial charge is 0.410 e. The summed E-state index contributed by atoms with van der Waals surface area (Å²) in [6.45, 7) is 1.36. The van der Waals surface area contributed by atoms with E-state index in [1.165, 1.54) is 6.92 Å². The second-order valence-electron chi connectivity index (χ2n) is 1.84. The van der Waals surface area contributed by atoms with Gasteiger partial charge >= 0.3 is 12.1 Å². The van der Waals surface area contributed by atoms with Crippen molar-refractivity contribution in [2.24, 2.45) is 0 Å². The molecule has 0 unspecified atom stereocenters. The van der Waals surface area contributed by atoms with E-state index in [0.717, 1.165) is 0 Å². The Labute approximate surface area is 57.3 Å². The molecule has 1 rings (SSSR count). The lowest BCUT2D eigenvalue weighted by atomic mass is 10.6. The third-order valence-corrected chi connectivity index (χ3v) is 0.953. The molecule has 0 aromatic rings. The molecule has 56 valence electrons. The van der Waals surface area contributed by atoms with Crippen LogP contribution in [0.5, 0.6) is 0 Å². The normalized spacial score (nSPS) is 23.3. The van der Waals surface area contributed by atoms with Gasteiger partial charge < -0.3 is 9.47 Å². The molecule has 0 aromatic carbocycles. The number of amides is 1. The summed E-state index contributed by atoms with van der Waals surface area (Å²) in [6.07, 6.45) is -1.16. The van der Waals surface area contributed by atoms with Gasteiger partial charge in [0, 0.05) is 6.92 Å². The van der Waals surface area contributed by atoms with Gasteiger partial charge in [-0.1, -0.05) is 0 Å². The fraction of sp³-hybridized carbons (Fsp3) is 0.600. The molecule has 5 nitrogen and oxygen atoms in total. The molecule has 1 aliphatic rings. The second kappa shape index (κ2) is 2.55. The number of carbonyl (C=O) groups excluding carboxylic acids is 2. The molecule has 10 heavy (non-hydrogen) atoms. The van der Waals surface area contributed by atoms with Gasteiger partial charge in [0.05, 0.1) is 0 Å². The summed E-state index contributed by atoms with van der Waals surface area (Å²) in [6, 6.07) is 0. The number of alkyl carbamates (subject to hydrolysis) is 1. The summed E-state index contributed by atoms with van der Waals surface area (Å²) in [5, 5.41) is 2.28. The maximum absolute atomic E-state index is 10.3. The van der Waals surface area contributed by atoms with Crippen molar-refractivity contribution in [2.75, 3.05) is 6.61 Å². The van der Waals surface area contributed by atoms with Gasteiger partial charge in [0.25, 0.3) is 0 Å². The first kappa shape index (κ1) is 6.85. The van der Waals surface area contributed by atoms with Gasteiger partial charge in [0.1, 0.15) is 6.61 Å². The van der Waals surface area contributed by atoms with Crippen LogP contribution in [0.15, 0.2) is 0 Å². The summed E-state index contributed by atoms with van der Waals surface area (Å²) >= 11 is 0. The fourth-order valence-electron chi connectivity index (χ4n) is 0.630. The van der Waals surface area contributed by atoms with Crippen LogP contribution >= 0.6 is 0 Å². The SMILES string of the molecule is CC(=O)O[C@@H]1COC(=O)N1. The van der Waals surface area contributed by atoms with Crippen LogP contribution in [-0.2, 0) is 14.3 Å². The van der Waals surface area contributed by atoms with Crippen LogP contribution in [0.4, 0.5) is 4.79 Å². The number of nitrogens with one attached hydrogen (secondary N) is 1. The highest BCUT2D eigenvalue weighted by molar-refractivity contribution is 5.71. The zero-order chi connectivity index (χ0) is 7.56. The Morgan fingerprint density at radius 1 is 1.90 bits per heavy atom. The minimum atomic E-state index is -0.606. The van der Waals surface area contributed by atoms with E-state index < -0.39 is 18.3 Å². The molecular weight excluding hydrogens is 138 g/mol. The molecule has 1 saturated heterocycles. The zero-order valence-corrected chi connectivity index (χ0v) is 5.42. The highest BCUT2D eigenvalue weighted by atomic mass is 16.6. The Bertz CT molecular complexity index is 167. The van der Waals surface area contributed by atoms with Crippen LogP contribution in [0.3, 0.4) is 0 Å². The first-order valence-corrected chi connectivity index (χ1v) is 2.79. The molecule has 0 spiro atoms. The lowest BCUT2D eigenvalue weighted by Crippen LogP contribution is -2.30. The van der Waals surface area contributed by atoms with Gasteiger partial charge in [-0.15, -0.1) is 0 Å². The largest absolute Gasteiger partial charge is 0.443 e. The van der Waals surface area contributed by atoms with Gasteiger partial charge in [0.15, 0.2) is 0 Å². The Hall–Kier alpha value is -1.26. The number of cyclic esters (lactones) is 1. The maximum atomic E-state index is 10.3. The highest BCUT2D eigenvalue weighted by Gasteiger charge is 2.23. The molecule has 5 heteroatoms. The van der Waals surface area contributed by atoms with Crippen LogP contribution in [0, 0.1) is 0 Å². The molecule has 0 saturated carbocycles. The molecule has 1 amide bonds. The Kier molecular flexibility index (Phi) is 1.75. The molecule has 0 aromatic heterocycles. The van der Waals surface area contributed by atoms with E-state index >= 15 is 0 Å². The van der Waals surface area contributed by atoms with Crippen LogP contribution < -0.4 is 5.32 Å². The van der Waals surface area contributed by atoms with Crippen molar-refractivity contribution in [3.8, 4) is 0 Å². The first-order valence-electron chi connectivity index (χ1n) is 2.79. The Balaban J connectivity index is 2.31. The summed E-state index contributed by atoms with van der Waals surface area (Å²) < 4.78 is 9.02. The highest BCUT2D eigenvalue weighted by Crippen LogP contribution is 1.98. The predicted molar refractivity (Wildman–Crippen MR) is 30.0 cm³/mol. The number of ether oxygens (including phenoxy) is 2. The quantitative estimate of drug-likeness (QED) is 0.510. The number of esters is 1. The lowest BCUT2D eigenvalue weighted by molar-refractivity contribution is -0.147. The molecule has 1 fully saturated rings. The van der Waals surface area contributed by atoms with Crippen molar-refractivity contribution in [3.63, 3.8) is 0 Å². The predicted octanol–water partition coefficient (Wildman–Crippen LogP) is -0.385. The lowest BCUT2D eigenvalue weighted by Gasteiger charge is -2.05. The number of hydrogen-bond donors (Lipinski definition) is 1. The Morgan fingerprint density at radius 2 is 2.60 bits per heavy atom. The standard InChI is InChI=1S/C5H7NO4/c1-3(7)10-4-2-9-5(8)6-4/h4H,2H2,1H3,(H,6,8)/t4-/m1/s1. The van der Waals surface area contributed by atoms with E-state index in [-0.39, 0.29) is 6.61 Å². The topological polar surface area (TPSA) is 64.6 Å². The molecule has 1 N–H and O–H groups in total. The molecule has 1 aliphatic heterocycles. The maximum Gasteiger partial charge on any atom is 0.410 e. The van der Waals surface area contributed by atoms with Crippen molar-refractivity contribution in [2.45, 2.75) is 13.2 Å². The molecule has 0 radical (unpaired) electrons. The minimum absolute atomic E-state index is 0.0956. The van der Waals surface area contributed by atoms with Crippen LogP contribution in [0.1, 0.15) is 6.92 Å². The number of hydrogen-bond acceptors (Lipinski definition) is 4. The van der Waals surface area contributed by atoms with Gasteiger partial charge in [-0.25, -0.2) is 4.79 Å². The van der Waals surface area contributed by atoms with E-state index in [0.29, 0.717) is 0 Å². The van der Waals surface area contributed by atoms with E-state index in [4.69, 9.17) is 0 Å². The van der Waals surface area contributed by atoms with Crippen molar-refractivity contribution in [1.29, 1.82) is 0 Å². The van der Waals surface area contributed by atoms with Crippen molar-refractivity contribution in [1.82, 2.24) is 5.32 Å². The number of carbonyl (C=O) groups is 2. The summed E-state index contributed by atoms with van der Waals surface area (Å²) in [5.41, 5.74) is 0.